The lowest BCUT2D eigenvalue weighted by Crippen LogP contribution is -2.39. The summed E-state index contributed by atoms with van der Waals surface area (Å²) in [5.41, 5.74) is 0.379. The van der Waals surface area contributed by atoms with Crippen LogP contribution in [0.25, 0.3) is 0 Å². The van der Waals surface area contributed by atoms with Gasteiger partial charge in [-0.05, 0) is 30.7 Å². The van der Waals surface area contributed by atoms with Crippen molar-refractivity contribution in [3.05, 3.63) is 58.2 Å². The maximum absolute atomic E-state index is 14.2. The summed E-state index contributed by atoms with van der Waals surface area (Å²) in [6, 6.07) is 6.45. The Labute approximate surface area is 147 Å². The molecule has 9 heteroatoms. The van der Waals surface area contributed by atoms with Crippen molar-refractivity contribution in [3.8, 4) is 6.07 Å². The highest BCUT2D eigenvalue weighted by atomic mass is 35.5. The van der Waals surface area contributed by atoms with Crippen molar-refractivity contribution < 1.29 is 18.7 Å². The lowest BCUT2D eigenvalue weighted by Gasteiger charge is -2.26. The molecule has 1 heterocycles. The summed E-state index contributed by atoms with van der Waals surface area (Å²) in [5.74, 6) is -1.54. The van der Waals surface area contributed by atoms with Gasteiger partial charge in [0.05, 0.1) is 17.6 Å². The van der Waals surface area contributed by atoms with Gasteiger partial charge in [0, 0.05) is 0 Å². The number of benzene rings is 1. The molecule has 1 amide bonds. The number of pyridine rings is 1. The third kappa shape index (κ3) is 4.55. The first kappa shape index (κ1) is 18.4. The minimum atomic E-state index is -1.27. The molecule has 130 valence electrons. The first-order valence-electron chi connectivity index (χ1n) is 7.09. The molecule has 2 aromatic rings. The van der Waals surface area contributed by atoms with E-state index in [0.29, 0.717) is 5.56 Å². The lowest BCUT2D eigenvalue weighted by atomic mass is 10.00. The molecule has 0 unspecified atom stereocenters. The van der Waals surface area contributed by atoms with Crippen molar-refractivity contribution in [2.45, 2.75) is 19.0 Å². The summed E-state index contributed by atoms with van der Waals surface area (Å²) in [4.78, 5) is 14.7. The van der Waals surface area contributed by atoms with Crippen molar-refractivity contribution in [3.63, 3.8) is 0 Å². The molecule has 2 rings (SSSR count). The average Bonchev–Trinajstić information content (AvgIpc) is 2.55. The van der Waals surface area contributed by atoms with E-state index in [0.717, 1.165) is 6.07 Å². The molecule has 0 aliphatic heterocycles. The molecule has 0 fully saturated rings. The lowest BCUT2D eigenvalue weighted by molar-refractivity contribution is 0.189. The molecule has 0 aliphatic rings. The van der Waals surface area contributed by atoms with Gasteiger partial charge in [0.1, 0.15) is 17.0 Å². The Morgan fingerprint density at radius 3 is 2.56 bits per heavy atom. The summed E-state index contributed by atoms with van der Waals surface area (Å²) >= 11 is 5.82. The maximum atomic E-state index is 14.2. The molecule has 3 N–H and O–H groups in total. The second kappa shape index (κ2) is 7.77. The number of hydrogen-bond donors (Lipinski definition) is 3. The van der Waals surface area contributed by atoms with Crippen LogP contribution in [0.3, 0.4) is 0 Å². The standard InChI is InChI=1S/C16H13ClF2N4O2/c1-8(21-16(24)25)13(9-2-4-11(18)5-3-9)22-15-12(19)6-10(7-20)14(17)23-15/h2-6,8,13,21H,1H3,(H,22,23)(H,24,25)/t8-,13-/m0/s1. The van der Waals surface area contributed by atoms with Crippen molar-refractivity contribution in [2.24, 2.45) is 0 Å². The molecular weight excluding hydrogens is 354 g/mol. The molecule has 0 radical (unpaired) electrons. The fourth-order valence-corrected chi connectivity index (χ4v) is 2.42. The van der Waals surface area contributed by atoms with E-state index in [-0.39, 0.29) is 16.5 Å². The zero-order chi connectivity index (χ0) is 18.6. The molecule has 6 nitrogen and oxygen atoms in total. The largest absolute Gasteiger partial charge is 0.465 e. The first-order valence-corrected chi connectivity index (χ1v) is 7.47. The number of nitriles is 1. The van der Waals surface area contributed by atoms with Gasteiger partial charge in [-0.15, -0.1) is 0 Å². The first-order chi connectivity index (χ1) is 11.8. The van der Waals surface area contributed by atoms with Gasteiger partial charge in [-0.2, -0.15) is 5.26 Å². The highest BCUT2D eigenvalue weighted by Crippen LogP contribution is 2.26. The Morgan fingerprint density at radius 1 is 1.36 bits per heavy atom. The SMILES string of the molecule is C[C@H](NC(=O)O)[C@H](Nc1nc(Cl)c(C#N)cc1F)c1ccc(F)cc1. The number of aromatic nitrogens is 1. The average molecular weight is 367 g/mol. The van der Waals surface area contributed by atoms with Crippen LogP contribution in [0.4, 0.5) is 19.4 Å². The van der Waals surface area contributed by atoms with Crippen LogP contribution in [-0.4, -0.2) is 22.2 Å². The summed E-state index contributed by atoms with van der Waals surface area (Å²) in [6.07, 6.45) is -1.27. The van der Waals surface area contributed by atoms with Crippen LogP contribution in [0, 0.1) is 23.0 Å². The fourth-order valence-electron chi connectivity index (χ4n) is 2.24. The Kier molecular flexibility index (Phi) is 5.72. The van der Waals surface area contributed by atoms with E-state index >= 15 is 0 Å². The van der Waals surface area contributed by atoms with Gasteiger partial charge in [0.15, 0.2) is 11.6 Å². The van der Waals surface area contributed by atoms with E-state index in [4.69, 9.17) is 22.0 Å². The molecule has 0 aliphatic carbocycles. The predicted octanol–water partition coefficient (Wildman–Crippen LogP) is 3.69. The minimum Gasteiger partial charge on any atom is -0.465 e. The van der Waals surface area contributed by atoms with E-state index in [1.807, 2.05) is 0 Å². The van der Waals surface area contributed by atoms with Crippen molar-refractivity contribution >= 4 is 23.5 Å². The molecular formula is C16H13ClF2N4O2. The van der Waals surface area contributed by atoms with Crippen LogP contribution in [-0.2, 0) is 0 Å². The number of rotatable bonds is 5. The summed E-state index contributed by atoms with van der Waals surface area (Å²) < 4.78 is 27.3. The van der Waals surface area contributed by atoms with E-state index in [9.17, 15) is 13.6 Å². The van der Waals surface area contributed by atoms with E-state index in [1.54, 1.807) is 13.0 Å². The van der Waals surface area contributed by atoms with E-state index in [2.05, 4.69) is 15.6 Å². The quantitative estimate of drug-likeness (QED) is 0.701. The third-order valence-corrected chi connectivity index (χ3v) is 3.71. The van der Waals surface area contributed by atoms with Gasteiger partial charge in [-0.3, -0.25) is 0 Å². The van der Waals surface area contributed by atoms with Crippen LogP contribution in [0.15, 0.2) is 30.3 Å². The van der Waals surface area contributed by atoms with E-state index in [1.165, 1.54) is 24.3 Å². The molecule has 0 saturated carbocycles. The van der Waals surface area contributed by atoms with Gasteiger partial charge in [0.25, 0.3) is 0 Å². The number of anilines is 1. The number of nitrogens with zero attached hydrogens (tertiary/aromatic N) is 2. The molecule has 0 saturated heterocycles. The van der Waals surface area contributed by atoms with E-state index < -0.39 is 29.8 Å². The maximum Gasteiger partial charge on any atom is 0.404 e. The predicted molar refractivity (Wildman–Crippen MR) is 87.3 cm³/mol. The topological polar surface area (TPSA) is 98.0 Å². The fraction of sp³-hybridized carbons (Fsp3) is 0.188. The Bertz CT molecular complexity index is 824. The van der Waals surface area contributed by atoms with Crippen molar-refractivity contribution in [2.75, 3.05) is 5.32 Å². The second-order valence-corrected chi connectivity index (χ2v) is 5.54. The highest BCUT2D eigenvalue weighted by Gasteiger charge is 2.23. The smallest absolute Gasteiger partial charge is 0.404 e. The van der Waals surface area contributed by atoms with Gasteiger partial charge in [-0.25, -0.2) is 18.6 Å². The number of amides is 1. The Balaban J connectivity index is 2.39. The molecule has 0 spiro atoms. The van der Waals surface area contributed by atoms with Gasteiger partial charge in [0.2, 0.25) is 0 Å². The Hall–Kier alpha value is -2.92. The molecule has 25 heavy (non-hydrogen) atoms. The van der Waals surface area contributed by atoms with Crippen LogP contribution >= 0.6 is 11.6 Å². The summed E-state index contributed by atoms with van der Waals surface area (Å²) in [7, 11) is 0. The van der Waals surface area contributed by atoms with Crippen LogP contribution in [0.1, 0.15) is 24.1 Å². The number of hydrogen-bond acceptors (Lipinski definition) is 4. The van der Waals surface area contributed by atoms with Gasteiger partial charge >= 0.3 is 6.09 Å². The summed E-state index contributed by atoms with van der Waals surface area (Å²) in [5, 5.41) is 22.6. The minimum absolute atomic E-state index is 0.125. The number of halogens is 3. The van der Waals surface area contributed by atoms with Crippen molar-refractivity contribution in [1.82, 2.24) is 10.3 Å². The monoisotopic (exact) mass is 366 g/mol. The van der Waals surface area contributed by atoms with Gasteiger partial charge < -0.3 is 15.7 Å². The number of carboxylic acid groups (broad SMARTS) is 1. The molecule has 1 aromatic carbocycles. The third-order valence-electron chi connectivity index (χ3n) is 3.42. The van der Waals surface area contributed by atoms with Crippen LogP contribution in [0.5, 0.6) is 0 Å². The second-order valence-electron chi connectivity index (χ2n) is 5.18. The normalized spacial score (nSPS) is 12.8. The van der Waals surface area contributed by atoms with Crippen molar-refractivity contribution in [1.29, 1.82) is 5.26 Å². The molecule has 0 bridgehead atoms. The van der Waals surface area contributed by atoms with Crippen LogP contribution in [0.2, 0.25) is 5.15 Å². The number of carbonyl (C=O) groups is 1. The summed E-state index contributed by atoms with van der Waals surface area (Å²) in [6.45, 7) is 1.55. The number of nitrogens with one attached hydrogen (secondary N) is 2. The zero-order valence-electron chi connectivity index (χ0n) is 12.9. The van der Waals surface area contributed by atoms with Crippen LogP contribution < -0.4 is 10.6 Å². The van der Waals surface area contributed by atoms with Gasteiger partial charge in [-0.1, -0.05) is 23.7 Å². The molecule has 2 atom stereocenters. The Morgan fingerprint density at radius 2 is 2.00 bits per heavy atom. The molecule has 1 aromatic heterocycles. The zero-order valence-corrected chi connectivity index (χ0v) is 13.7. The highest BCUT2D eigenvalue weighted by molar-refractivity contribution is 6.30.